The molecule has 132 valence electrons. The number of aromatic nitrogens is 3. The fourth-order valence-corrected chi connectivity index (χ4v) is 2.93. The van der Waals surface area contributed by atoms with Gasteiger partial charge in [0, 0.05) is 5.70 Å². The Morgan fingerprint density at radius 3 is 2.80 bits per heavy atom. The molecule has 0 spiro atoms. The molecule has 8 heteroatoms. The van der Waals surface area contributed by atoms with Gasteiger partial charge in [0.05, 0.1) is 12.2 Å². The molecule has 1 aromatic heterocycles. The summed E-state index contributed by atoms with van der Waals surface area (Å²) >= 11 is 0. The molecule has 0 saturated carbocycles. The molecule has 0 bridgehead atoms. The number of hydrogen-bond acceptors (Lipinski definition) is 7. The van der Waals surface area contributed by atoms with E-state index >= 15 is 0 Å². The molecule has 8 nitrogen and oxygen atoms in total. The Hall–Kier alpha value is -3.03. The van der Waals surface area contributed by atoms with Gasteiger partial charge in [-0.3, -0.25) is 0 Å². The van der Waals surface area contributed by atoms with Crippen LogP contribution in [0.3, 0.4) is 0 Å². The SMILES string of the molecule is CCCC1=C(C(=O)OCC)C(c2ccc(O)c(O)c2)n2ncnc2N1. The zero-order valence-electron chi connectivity index (χ0n) is 14.1. The number of nitrogens with one attached hydrogen (secondary N) is 1. The predicted octanol–water partition coefficient (Wildman–Crippen LogP) is 2.32. The second kappa shape index (κ2) is 6.84. The third kappa shape index (κ3) is 3.02. The summed E-state index contributed by atoms with van der Waals surface area (Å²) in [5.41, 5.74) is 1.74. The van der Waals surface area contributed by atoms with Crippen LogP contribution in [0, 0.1) is 0 Å². The number of nitrogens with zero attached hydrogens (tertiary/aromatic N) is 3. The van der Waals surface area contributed by atoms with E-state index < -0.39 is 12.0 Å². The fourth-order valence-electron chi connectivity index (χ4n) is 2.93. The number of phenolic OH excluding ortho intramolecular Hbond substituents is 2. The molecule has 0 aliphatic carbocycles. The molecule has 0 radical (unpaired) electrons. The first-order valence-corrected chi connectivity index (χ1v) is 8.15. The van der Waals surface area contributed by atoms with E-state index in [1.807, 2.05) is 6.92 Å². The lowest BCUT2D eigenvalue weighted by Gasteiger charge is -2.29. The van der Waals surface area contributed by atoms with E-state index in [0.29, 0.717) is 23.5 Å². The van der Waals surface area contributed by atoms with Crippen LogP contribution in [0.1, 0.15) is 38.3 Å². The van der Waals surface area contributed by atoms with Crippen molar-refractivity contribution in [2.24, 2.45) is 0 Å². The highest BCUT2D eigenvalue weighted by Crippen LogP contribution is 2.39. The number of hydrogen-bond donors (Lipinski definition) is 3. The first-order valence-electron chi connectivity index (χ1n) is 8.15. The van der Waals surface area contributed by atoms with Crippen molar-refractivity contribution in [1.29, 1.82) is 0 Å². The first kappa shape index (κ1) is 16.8. The third-order valence-electron chi connectivity index (χ3n) is 3.99. The maximum absolute atomic E-state index is 12.7. The Bertz CT molecular complexity index is 828. The number of phenols is 2. The number of carbonyl (C=O) groups is 1. The number of rotatable bonds is 5. The molecular weight excluding hydrogens is 324 g/mol. The highest BCUT2D eigenvalue weighted by atomic mass is 16.5. The molecular formula is C17H20N4O4. The Morgan fingerprint density at radius 2 is 2.12 bits per heavy atom. The Balaban J connectivity index is 2.18. The first-order chi connectivity index (χ1) is 12.1. The molecule has 1 aromatic carbocycles. The number of carbonyl (C=O) groups excluding carboxylic acids is 1. The maximum atomic E-state index is 12.7. The van der Waals surface area contributed by atoms with Gasteiger partial charge in [0.2, 0.25) is 5.95 Å². The molecule has 1 aliphatic heterocycles. The van der Waals surface area contributed by atoms with Gasteiger partial charge in [-0.15, -0.1) is 0 Å². The van der Waals surface area contributed by atoms with Crippen LogP contribution in [0.4, 0.5) is 5.95 Å². The lowest BCUT2D eigenvalue weighted by molar-refractivity contribution is -0.139. The van der Waals surface area contributed by atoms with E-state index in [-0.39, 0.29) is 18.1 Å². The summed E-state index contributed by atoms with van der Waals surface area (Å²) in [4.78, 5) is 16.8. The van der Waals surface area contributed by atoms with Crippen molar-refractivity contribution in [1.82, 2.24) is 14.8 Å². The van der Waals surface area contributed by atoms with Gasteiger partial charge < -0.3 is 20.3 Å². The van der Waals surface area contributed by atoms with Crippen molar-refractivity contribution in [3.8, 4) is 11.5 Å². The summed E-state index contributed by atoms with van der Waals surface area (Å²) in [6.45, 7) is 4.01. The number of anilines is 1. The van der Waals surface area contributed by atoms with Crippen LogP contribution in [0.5, 0.6) is 11.5 Å². The van der Waals surface area contributed by atoms with Crippen molar-refractivity contribution in [2.75, 3.05) is 11.9 Å². The van der Waals surface area contributed by atoms with Gasteiger partial charge in [-0.1, -0.05) is 19.4 Å². The molecule has 0 fully saturated rings. The third-order valence-corrected chi connectivity index (χ3v) is 3.99. The minimum Gasteiger partial charge on any atom is -0.504 e. The lowest BCUT2D eigenvalue weighted by atomic mass is 9.93. The van der Waals surface area contributed by atoms with Gasteiger partial charge in [0.1, 0.15) is 12.4 Å². The quantitative estimate of drug-likeness (QED) is 0.564. The van der Waals surface area contributed by atoms with Crippen LogP contribution in [-0.4, -0.2) is 37.6 Å². The number of fused-ring (bicyclic) bond motifs is 1. The minimum atomic E-state index is -0.606. The summed E-state index contributed by atoms with van der Waals surface area (Å²) in [5, 5.41) is 26.8. The van der Waals surface area contributed by atoms with Crippen molar-refractivity contribution in [2.45, 2.75) is 32.7 Å². The monoisotopic (exact) mass is 344 g/mol. The summed E-state index contributed by atoms with van der Waals surface area (Å²) in [5.74, 6) is -0.434. The largest absolute Gasteiger partial charge is 0.504 e. The topological polar surface area (TPSA) is 110 Å². The van der Waals surface area contributed by atoms with Crippen molar-refractivity contribution < 1.29 is 19.7 Å². The highest BCUT2D eigenvalue weighted by Gasteiger charge is 2.35. The van der Waals surface area contributed by atoms with Crippen LogP contribution in [-0.2, 0) is 9.53 Å². The second-order valence-electron chi connectivity index (χ2n) is 5.67. The van der Waals surface area contributed by atoms with Crippen LogP contribution in [0.15, 0.2) is 35.8 Å². The second-order valence-corrected chi connectivity index (χ2v) is 5.67. The number of esters is 1. The van der Waals surface area contributed by atoms with E-state index in [2.05, 4.69) is 15.4 Å². The fraction of sp³-hybridized carbons (Fsp3) is 0.353. The molecule has 3 N–H and O–H groups in total. The number of aromatic hydroxyl groups is 2. The van der Waals surface area contributed by atoms with Gasteiger partial charge in [-0.25, -0.2) is 9.48 Å². The molecule has 1 unspecified atom stereocenters. The molecule has 0 amide bonds. The van der Waals surface area contributed by atoms with E-state index in [1.165, 1.54) is 18.5 Å². The van der Waals surface area contributed by atoms with E-state index in [1.54, 1.807) is 17.7 Å². The highest BCUT2D eigenvalue weighted by molar-refractivity contribution is 5.92. The van der Waals surface area contributed by atoms with Gasteiger partial charge >= 0.3 is 5.97 Å². The number of allylic oxidation sites excluding steroid dienone is 1. The predicted molar refractivity (Wildman–Crippen MR) is 90.1 cm³/mol. The molecule has 25 heavy (non-hydrogen) atoms. The van der Waals surface area contributed by atoms with Gasteiger partial charge in [-0.05, 0) is 31.0 Å². The lowest BCUT2D eigenvalue weighted by Crippen LogP contribution is -2.30. The van der Waals surface area contributed by atoms with Gasteiger partial charge in [0.15, 0.2) is 11.5 Å². The van der Waals surface area contributed by atoms with E-state index in [9.17, 15) is 15.0 Å². The number of ether oxygens (including phenoxy) is 1. The Labute approximate surface area is 144 Å². The zero-order chi connectivity index (χ0) is 18.0. The van der Waals surface area contributed by atoms with Crippen molar-refractivity contribution in [3.63, 3.8) is 0 Å². The maximum Gasteiger partial charge on any atom is 0.338 e. The van der Waals surface area contributed by atoms with E-state index in [0.717, 1.165) is 12.1 Å². The van der Waals surface area contributed by atoms with Crippen LogP contribution < -0.4 is 5.32 Å². The zero-order valence-corrected chi connectivity index (χ0v) is 14.1. The molecule has 1 atom stereocenters. The van der Waals surface area contributed by atoms with Crippen LogP contribution in [0.25, 0.3) is 0 Å². The Kier molecular flexibility index (Phi) is 4.60. The van der Waals surface area contributed by atoms with Gasteiger partial charge in [0.25, 0.3) is 0 Å². The smallest absolute Gasteiger partial charge is 0.338 e. The molecule has 0 saturated heterocycles. The summed E-state index contributed by atoms with van der Waals surface area (Å²) in [6, 6.07) is 3.83. The average molecular weight is 344 g/mol. The molecule has 2 heterocycles. The van der Waals surface area contributed by atoms with Crippen LogP contribution >= 0.6 is 0 Å². The summed E-state index contributed by atoms with van der Waals surface area (Å²) in [6.07, 6.45) is 2.86. The average Bonchev–Trinajstić information content (AvgIpc) is 3.04. The molecule has 3 rings (SSSR count). The standard InChI is InChI=1S/C17H20N4O4/c1-3-5-11-14(16(24)25-4-2)15(21-17(20-11)18-9-19-21)10-6-7-12(22)13(23)8-10/h6-9,15,22-23H,3-5H2,1-2H3,(H,18,19,20). The Morgan fingerprint density at radius 1 is 1.32 bits per heavy atom. The summed E-state index contributed by atoms with van der Waals surface area (Å²) in [7, 11) is 0. The normalized spacial score (nSPS) is 16.3. The van der Waals surface area contributed by atoms with Crippen LogP contribution in [0.2, 0.25) is 0 Å². The van der Waals surface area contributed by atoms with Crippen molar-refractivity contribution in [3.05, 3.63) is 41.4 Å². The number of benzene rings is 1. The summed E-state index contributed by atoms with van der Waals surface area (Å²) < 4.78 is 6.81. The molecule has 1 aliphatic rings. The molecule has 2 aromatic rings. The van der Waals surface area contributed by atoms with Crippen molar-refractivity contribution >= 4 is 11.9 Å². The van der Waals surface area contributed by atoms with Gasteiger partial charge in [-0.2, -0.15) is 10.1 Å². The minimum absolute atomic E-state index is 0.230. The van der Waals surface area contributed by atoms with E-state index in [4.69, 9.17) is 4.74 Å².